The summed E-state index contributed by atoms with van der Waals surface area (Å²) in [6, 6.07) is 12.2. The number of rotatable bonds is 5. The molecule has 148 valence electrons. The Morgan fingerprint density at radius 2 is 1.75 bits per heavy atom. The zero-order valence-corrected chi connectivity index (χ0v) is 16.8. The average Bonchev–Trinajstić information content (AvgIpc) is 2.69. The number of benzene rings is 2. The van der Waals surface area contributed by atoms with Gasteiger partial charge in [0.15, 0.2) is 6.61 Å². The van der Waals surface area contributed by atoms with Crippen molar-refractivity contribution in [3.05, 3.63) is 58.6 Å². The molecular formula is C21H24ClN3O3. The Kier molecular flexibility index (Phi) is 6.54. The molecular weight excluding hydrogens is 378 g/mol. The Balaban J connectivity index is 1.51. The predicted molar refractivity (Wildman–Crippen MR) is 110 cm³/mol. The van der Waals surface area contributed by atoms with E-state index in [1.54, 1.807) is 42.5 Å². The lowest BCUT2D eigenvalue weighted by Crippen LogP contribution is -2.47. The summed E-state index contributed by atoms with van der Waals surface area (Å²) < 4.78 is 5.49. The van der Waals surface area contributed by atoms with E-state index in [9.17, 15) is 9.59 Å². The lowest BCUT2D eigenvalue weighted by molar-refractivity contribution is -0.118. The van der Waals surface area contributed by atoms with Crippen molar-refractivity contribution in [1.82, 2.24) is 9.80 Å². The van der Waals surface area contributed by atoms with Crippen molar-refractivity contribution < 1.29 is 14.3 Å². The van der Waals surface area contributed by atoms with Gasteiger partial charge >= 0.3 is 0 Å². The topological polar surface area (TPSA) is 61.9 Å². The highest BCUT2D eigenvalue weighted by Gasteiger charge is 2.20. The molecule has 0 bridgehead atoms. The molecule has 2 amide bonds. The third kappa shape index (κ3) is 5.24. The van der Waals surface area contributed by atoms with Crippen molar-refractivity contribution in [2.24, 2.45) is 0 Å². The van der Waals surface area contributed by atoms with Crippen LogP contribution in [0.5, 0.6) is 5.75 Å². The molecule has 2 aromatic rings. The normalized spacial score (nSPS) is 14.6. The van der Waals surface area contributed by atoms with Crippen LogP contribution in [-0.2, 0) is 4.79 Å². The van der Waals surface area contributed by atoms with E-state index in [0.717, 1.165) is 31.7 Å². The first-order chi connectivity index (χ1) is 13.4. The molecule has 0 unspecified atom stereocenters. The highest BCUT2D eigenvalue weighted by atomic mass is 35.5. The maximum Gasteiger partial charge on any atom is 0.262 e. The molecule has 6 nitrogen and oxygen atoms in total. The molecule has 28 heavy (non-hydrogen) atoms. The monoisotopic (exact) mass is 401 g/mol. The first-order valence-electron chi connectivity index (χ1n) is 9.19. The van der Waals surface area contributed by atoms with Crippen molar-refractivity contribution in [3.63, 3.8) is 0 Å². The van der Waals surface area contributed by atoms with Crippen molar-refractivity contribution in [1.29, 1.82) is 0 Å². The second kappa shape index (κ2) is 9.08. The van der Waals surface area contributed by atoms with Crippen molar-refractivity contribution in [3.8, 4) is 5.75 Å². The van der Waals surface area contributed by atoms with Gasteiger partial charge in [-0.2, -0.15) is 0 Å². The smallest absolute Gasteiger partial charge is 0.262 e. The molecule has 1 heterocycles. The SMILES string of the molecule is Cc1cc(OCC(=O)Nc2ccc(C(=O)N3CCN(C)CC3)cc2)ccc1Cl. The Bertz CT molecular complexity index is 846. The molecule has 2 aromatic carbocycles. The Morgan fingerprint density at radius 3 is 2.39 bits per heavy atom. The summed E-state index contributed by atoms with van der Waals surface area (Å²) in [5.74, 6) is 0.336. The van der Waals surface area contributed by atoms with E-state index in [4.69, 9.17) is 16.3 Å². The van der Waals surface area contributed by atoms with Gasteiger partial charge < -0.3 is 19.9 Å². The van der Waals surface area contributed by atoms with Crippen LogP contribution in [0, 0.1) is 6.92 Å². The van der Waals surface area contributed by atoms with Gasteiger partial charge in [0.25, 0.3) is 11.8 Å². The number of halogens is 1. The van der Waals surface area contributed by atoms with Gasteiger partial charge in [0, 0.05) is 42.5 Å². The van der Waals surface area contributed by atoms with Gasteiger partial charge in [-0.15, -0.1) is 0 Å². The first-order valence-corrected chi connectivity index (χ1v) is 9.57. The fourth-order valence-electron chi connectivity index (χ4n) is 2.94. The predicted octanol–water partition coefficient (Wildman–Crippen LogP) is 3.05. The largest absolute Gasteiger partial charge is 0.484 e. The Labute approximate surface area is 170 Å². The zero-order chi connectivity index (χ0) is 20.1. The number of aryl methyl sites for hydroxylation is 1. The standard InChI is InChI=1S/C21H24ClN3O3/c1-15-13-18(7-8-19(15)22)28-14-20(26)23-17-5-3-16(4-6-17)21(27)25-11-9-24(2)10-12-25/h3-8,13H,9-12,14H2,1-2H3,(H,23,26). The van der Waals surface area contributed by atoms with Crippen LogP contribution in [0.25, 0.3) is 0 Å². The summed E-state index contributed by atoms with van der Waals surface area (Å²) in [6.45, 7) is 4.99. The molecule has 1 N–H and O–H groups in total. The maximum atomic E-state index is 12.5. The summed E-state index contributed by atoms with van der Waals surface area (Å²) in [5.41, 5.74) is 2.13. The molecule has 1 aliphatic heterocycles. The minimum Gasteiger partial charge on any atom is -0.484 e. The van der Waals surface area contributed by atoms with E-state index < -0.39 is 0 Å². The maximum absolute atomic E-state index is 12.5. The van der Waals surface area contributed by atoms with E-state index in [-0.39, 0.29) is 18.4 Å². The number of carbonyl (C=O) groups excluding carboxylic acids is 2. The van der Waals surface area contributed by atoms with Gasteiger partial charge in [-0.25, -0.2) is 0 Å². The van der Waals surface area contributed by atoms with Crippen LogP contribution in [0.1, 0.15) is 15.9 Å². The van der Waals surface area contributed by atoms with Gasteiger partial charge in [-0.1, -0.05) is 11.6 Å². The molecule has 0 spiro atoms. The number of carbonyl (C=O) groups is 2. The minimum absolute atomic E-state index is 0.0208. The van der Waals surface area contributed by atoms with Crippen LogP contribution in [0.4, 0.5) is 5.69 Å². The van der Waals surface area contributed by atoms with Gasteiger partial charge in [-0.05, 0) is 62.0 Å². The molecule has 1 aliphatic rings. The molecule has 0 saturated carbocycles. The quantitative estimate of drug-likeness (QED) is 0.836. The first kappa shape index (κ1) is 20.2. The third-order valence-electron chi connectivity index (χ3n) is 4.71. The lowest BCUT2D eigenvalue weighted by Gasteiger charge is -2.32. The van der Waals surface area contributed by atoms with E-state index in [2.05, 4.69) is 17.3 Å². The number of hydrogen-bond acceptors (Lipinski definition) is 4. The van der Waals surface area contributed by atoms with E-state index >= 15 is 0 Å². The van der Waals surface area contributed by atoms with Crippen molar-refractivity contribution in [2.75, 3.05) is 45.2 Å². The number of likely N-dealkylation sites (N-methyl/N-ethyl adjacent to an activating group) is 1. The summed E-state index contributed by atoms with van der Waals surface area (Å²) in [5, 5.41) is 3.42. The van der Waals surface area contributed by atoms with Gasteiger partial charge in [0.05, 0.1) is 0 Å². The Morgan fingerprint density at radius 1 is 1.07 bits per heavy atom. The summed E-state index contributed by atoms with van der Waals surface area (Å²) in [7, 11) is 2.05. The number of hydrogen-bond donors (Lipinski definition) is 1. The van der Waals surface area contributed by atoms with Gasteiger partial charge in [0.1, 0.15) is 5.75 Å². The molecule has 7 heteroatoms. The molecule has 3 rings (SSSR count). The number of nitrogens with zero attached hydrogens (tertiary/aromatic N) is 2. The van der Waals surface area contributed by atoms with Crippen LogP contribution >= 0.6 is 11.6 Å². The zero-order valence-electron chi connectivity index (χ0n) is 16.1. The molecule has 0 aromatic heterocycles. The third-order valence-corrected chi connectivity index (χ3v) is 5.13. The van der Waals surface area contributed by atoms with Crippen molar-refractivity contribution >= 4 is 29.1 Å². The number of piperazine rings is 1. The number of nitrogens with one attached hydrogen (secondary N) is 1. The fraction of sp³-hybridized carbons (Fsp3) is 0.333. The number of ether oxygens (including phenoxy) is 1. The number of amides is 2. The van der Waals surface area contributed by atoms with E-state index in [1.807, 2.05) is 11.8 Å². The second-order valence-corrected chi connectivity index (χ2v) is 7.33. The van der Waals surface area contributed by atoms with Crippen LogP contribution in [0.15, 0.2) is 42.5 Å². The molecule has 0 radical (unpaired) electrons. The molecule has 0 atom stereocenters. The number of anilines is 1. The highest BCUT2D eigenvalue weighted by Crippen LogP contribution is 2.21. The Hall–Kier alpha value is -2.57. The molecule has 0 aliphatic carbocycles. The van der Waals surface area contributed by atoms with Crippen molar-refractivity contribution in [2.45, 2.75) is 6.92 Å². The minimum atomic E-state index is -0.272. The lowest BCUT2D eigenvalue weighted by atomic mass is 10.1. The van der Waals surface area contributed by atoms with Crippen LogP contribution in [0.2, 0.25) is 5.02 Å². The fourth-order valence-corrected chi connectivity index (χ4v) is 3.06. The summed E-state index contributed by atoms with van der Waals surface area (Å²) >= 11 is 5.98. The summed E-state index contributed by atoms with van der Waals surface area (Å²) in [6.07, 6.45) is 0. The van der Waals surface area contributed by atoms with E-state index in [1.165, 1.54) is 0 Å². The van der Waals surface area contributed by atoms with Crippen LogP contribution in [-0.4, -0.2) is 61.4 Å². The van der Waals surface area contributed by atoms with Gasteiger partial charge in [0.2, 0.25) is 0 Å². The van der Waals surface area contributed by atoms with E-state index in [0.29, 0.717) is 22.0 Å². The average molecular weight is 402 g/mol. The van der Waals surface area contributed by atoms with Crippen LogP contribution in [0.3, 0.4) is 0 Å². The van der Waals surface area contributed by atoms with Crippen LogP contribution < -0.4 is 10.1 Å². The molecule has 1 fully saturated rings. The van der Waals surface area contributed by atoms with Gasteiger partial charge in [-0.3, -0.25) is 9.59 Å². The molecule has 1 saturated heterocycles. The highest BCUT2D eigenvalue weighted by molar-refractivity contribution is 6.31. The second-order valence-electron chi connectivity index (χ2n) is 6.92. The summed E-state index contributed by atoms with van der Waals surface area (Å²) in [4.78, 5) is 28.7.